The molecule has 3 heterocycles. The van der Waals surface area contributed by atoms with Crippen molar-refractivity contribution in [3.8, 4) is 11.1 Å². The monoisotopic (exact) mass is 450 g/mol. The molecule has 1 atom stereocenters. The summed E-state index contributed by atoms with van der Waals surface area (Å²) >= 11 is 0. The molecule has 1 N–H and O–H groups in total. The number of carbonyl (C=O) groups is 2. The molecule has 0 spiro atoms. The van der Waals surface area contributed by atoms with Crippen LogP contribution in [0.1, 0.15) is 42.7 Å². The second-order valence-corrected chi connectivity index (χ2v) is 9.30. The number of likely N-dealkylation sites (tertiary alicyclic amines) is 1. The smallest absolute Gasteiger partial charge is 0.310 e. The van der Waals surface area contributed by atoms with Crippen LogP contribution in [-0.2, 0) is 15.1 Å². The summed E-state index contributed by atoms with van der Waals surface area (Å²) in [6.45, 7) is 6.63. The third-order valence-electron chi connectivity index (χ3n) is 6.33. The topological polar surface area (TPSA) is 97.5 Å². The number of pyridine rings is 1. The quantitative estimate of drug-likeness (QED) is 0.600. The number of hydrogen-bond donors (Lipinski definition) is 1. The number of aliphatic hydroxyl groups is 1. The maximum absolute atomic E-state index is 13.5. The van der Waals surface area contributed by atoms with Gasteiger partial charge in [0, 0.05) is 35.9 Å². The molecule has 1 amide bonds. The molecule has 0 bridgehead atoms. The molecule has 1 unspecified atom stereocenters. The molecule has 4 rings (SSSR count). The highest BCUT2D eigenvalue weighted by atomic mass is 16.5. The Morgan fingerprint density at radius 1 is 1.24 bits per heavy atom. The molecule has 1 fully saturated rings. The minimum Gasteiger partial charge on any atom is -0.469 e. The van der Waals surface area contributed by atoms with Gasteiger partial charge in [0.2, 0.25) is 0 Å². The van der Waals surface area contributed by atoms with Gasteiger partial charge in [0.05, 0.1) is 42.5 Å². The van der Waals surface area contributed by atoms with Crippen molar-refractivity contribution >= 4 is 22.8 Å². The van der Waals surface area contributed by atoms with E-state index >= 15 is 0 Å². The van der Waals surface area contributed by atoms with Gasteiger partial charge in [-0.1, -0.05) is 6.07 Å². The van der Waals surface area contributed by atoms with Crippen molar-refractivity contribution in [3.63, 3.8) is 0 Å². The lowest BCUT2D eigenvalue weighted by Crippen LogP contribution is -2.42. The van der Waals surface area contributed by atoms with Gasteiger partial charge < -0.3 is 14.7 Å². The fourth-order valence-electron chi connectivity index (χ4n) is 4.28. The zero-order valence-electron chi connectivity index (χ0n) is 19.5. The van der Waals surface area contributed by atoms with Crippen molar-refractivity contribution in [1.29, 1.82) is 0 Å². The van der Waals surface area contributed by atoms with Gasteiger partial charge in [-0.05, 0) is 57.4 Å². The van der Waals surface area contributed by atoms with Crippen LogP contribution in [0.4, 0.5) is 0 Å². The number of nitrogens with zero attached hydrogens (tertiary/aromatic N) is 4. The average molecular weight is 451 g/mol. The van der Waals surface area contributed by atoms with Crippen LogP contribution < -0.4 is 0 Å². The minimum atomic E-state index is -0.515. The molecule has 0 radical (unpaired) electrons. The molecule has 8 heteroatoms. The van der Waals surface area contributed by atoms with Crippen LogP contribution in [0.25, 0.3) is 22.0 Å². The maximum Gasteiger partial charge on any atom is 0.310 e. The second kappa shape index (κ2) is 8.94. The van der Waals surface area contributed by atoms with Crippen LogP contribution in [0.15, 0.2) is 36.7 Å². The summed E-state index contributed by atoms with van der Waals surface area (Å²) in [5.74, 6) is -0.667. The lowest BCUT2D eigenvalue weighted by Gasteiger charge is -2.31. The highest BCUT2D eigenvalue weighted by Gasteiger charge is 2.30. The molecule has 3 aromatic rings. The third-order valence-corrected chi connectivity index (χ3v) is 6.33. The number of aryl methyl sites for hydroxylation is 1. The number of ether oxygens (including phenoxy) is 1. The van der Waals surface area contributed by atoms with E-state index in [1.807, 2.05) is 51.2 Å². The lowest BCUT2D eigenvalue weighted by molar-refractivity contribution is -0.146. The van der Waals surface area contributed by atoms with E-state index < -0.39 is 5.54 Å². The first-order chi connectivity index (χ1) is 15.7. The van der Waals surface area contributed by atoms with E-state index in [0.29, 0.717) is 18.7 Å². The molecule has 1 aromatic carbocycles. The maximum atomic E-state index is 13.5. The predicted molar refractivity (Wildman–Crippen MR) is 125 cm³/mol. The number of piperidine rings is 1. The van der Waals surface area contributed by atoms with E-state index in [-0.39, 0.29) is 24.4 Å². The molecular formula is C25H30N4O4. The standard InChI is InChI=1S/C25H30N4O4/c1-16-10-21(23(31)28-9-5-6-18(13-28)24(32)33-4)20-11-17(7-8-22(20)27-16)19-12-26-29(14-19)25(2,3)15-30/h7-8,10-12,14,18,30H,5-6,9,13,15H2,1-4H3. The zero-order valence-corrected chi connectivity index (χ0v) is 19.5. The summed E-state index contributed by atoms with van der Waals surface area (Å²) in [6.07, 6.45) is 5.14. The zero-order chi connectivity index (χ0) is 23.8. The van der Waals surface area contributed by atoms with Crippen LogP contribution in [-0.4, -0.2) is 63.5 Å². The Kier molecular flexibility index (Phi) is 6.21. The molecule has 33 heavy (non-hydrogen) atoms. The van der Waals surface area contributed by atoms with Gasteiger partial charge in [0.25, 0.3) is 5.91 Å². The van der Waals surface area contributed by atoms with E-state index in [0.717, 1.165) is 40.6 Å². The van der Waals surface area contributed by atoms with Gasteiger partial charge in [-0.15, -0.1) is 0 Å². The molecule has 1 aliphatic heterocycles. The number of methoxy groups -OCH3 is 1. The van der Waals surface area contributed by atoms with Gasteiger partial charge >= 0.3 is 5.97 Å². The highest BCUT2D eigenvalue weighted by Crippen LogP contribution is 2.29. The SMILES string of the molecule is COC(=O)C1CCCN(C(=O)c2cc(C)nc3ccc(-c4cnn(C(C)(C)CO)c4)cc23)C1. The Morgan fingerprint density at radius 2 is 2.03 bits per heavy atom. The first kappa shape index (κ1) is 22.9. The number of hydrogen-bond acceptors (Lipinski definition) is 6. The number of benzene rings is 1. The van der Waals surface area contributed by atoms with Crippen molar-refractivity contribution < 1.29 is 19.4 Å². The van der Waals surface area contributed by atoms with Crippen LogP contribution >= 0.6 is 0 Å². The van der Waals surface area contributed by atoms with Gasteiger partial charge in [0.15, 0.2) is 0 Å². The summed E-state index contributed by atoms with van der Waals surface area (Å²) in [5.41, 5.74) is 3.37. The van der Waals surface area contributed by atoms with Crippen LogP contribution in [0.5, 0.6) is 0 Å². The Labute approximate surface area is 193 Å². The Morgan fingerprint density at radius 3 is 2.76 bits per heavy atom. The first-order valence-electron chi connectivity index (χ1n) is 11.2. The summed E-state index contributed by atoms with van der Waals surface area (Å²) < 4.78 is 6.64. The normalized spacial score (nSPS) is 16.8. The van der Waals surface area contributed by atoms with Crippen molar-refractivity contribution in [2.75, 3.05) is 26.8 Å². The Balaban J connectivity index is 1.72. The largest absolute Gasteiger partial charge is 0.469 e. The predicted octanol–water partition coefficient (Wildman–Crippen LogP) is 3.16. The van der Waals surface area contributed by atoms with Crippen LogP contribution in [0.2, 0.25) is 0 Å². The van der Waals surface area contributed by atoms with Crippen LogP contribution in [0.3, 0.4) is 0 Å². The number of aliphatic hydroxyl groups excluding tert-OH is 1. The lowest BCUT2D eigenvalue weighted by atomic mass is 9.96. The van der Waals surface area contributed by atoms with Crippen molar-refractivity contribution in [2.24, 2.45) is 5.92 Å². The summed E-state index contributed by atoms with van der Waals surface area (Å²) in [7, 11) is 1.38. The highest BCUT2D eigenvalue weighted by molar-refractivity contribution is 6.07. The fourth-order valence-corrected chi connectivity index (χ4v) is 4.28. The first-order valence-corrected chi connectivity index (χ1v) is 11.2. The molecule has 1 aliphatic rings. The number of esters is 1. The number of rotatable bonds is 5. The van der Waals surface area contributed by atoms with Crippen molar-refractivity contribution in [1.82, 2.24) is 19.7 Å². The second-order valence-electron chi connectivity index (χ2n) is 9.30. The van der Waals surface area contributed by atoms with E-state index in [1.54, 1.807) is 15.8 Å². The summed E-state index contributed by atoms with van der Waals surface area (Å²) in [5, 5.41) is 14.8. The third kappa shape index (κ3) is 4.48. The molecule has 0 aliphatic carbocycles. The van der Waals surface area contributed by atoms with Gasteiger partial charge in [-0.3, -0.25) is 19.3 Å². The minimum absolute atomic E-state index is 0.0317. The number of fused-ring (bicyclic) bond motifs is 1. The molecular weight excluding hydrogens is 420 g/mol. The van der Waals surface area contributed by atoms with E-state index in [4.69, 9.17) is 4.74 Å². The average Bonchev–Trinajstić information content (AvgIpc) is 3.33. The number of aromatic nitrogens is 3. The fraction of sp³-hybridized carbons (Fsp3) is 0.440. The van der Waals surface area contributed by atoms with E-state index in [2.05, 4.69) is 10.1 Å². The summed E-state index contributed by atoms with van der Waals surface area (Å²) in [6, 6.07) is 7.65. The summed E-state index contributed by atoms with van der Waals surface area (Å²) in [4.78, 5) is 31.9. The van der Waals surface area contributed by atoms with Gasteiger partial charge in [-0.25, -0.2) is 0 Å². The molecule has 0 saturated carbocycles. The molecule has 1 saturated heterocycles. The molecule has 2 aromatic heterocycles. The molecule has 174 valence electrons. The van der Waals surface area contributed by atoms with Crippen molar-refractivity contribution in [3.05, 3.63) is 47.9 Å². The van der Waals surface area contributed by atoms with Crippen molar-refractivity contribution in [2.45, 2.75) is 39.2 Å². The molecule has 8 nitrogen and oxygen atoms in total. The number of amides is 1. The number of carbonyl (C=O) groups excluding carboxylic acids is 2. The van der Waals surface area contributed by atoms with Gasteiger partial charge in [0.1, 0.15) is 0 Å². The van der Waals surface area contributed by atoms with Gasteiger partial charge in [-0.2, -0.15) is 5.10 Å². The Hall–Kier alpha value is -3.26. The van der Waals surface area contributed by atoms with E-state index in [9.17, 15) is 14.7 Å². The Bertz CT molecular complexity index is 1200. The van der Waals surface area contributed by atoms with Crippen LogP contribution in [0, 0.1) is 12.8 Å². The van der Waals surface area contributed by atoms with E-state index in [1.165, 1.54) is 7.11 Å².